The maximum atomic E-state index is 10.0. The molecular formula is C15H15N3O4. The highest BCUT2D eigenvalue weighted by molar-refractivity contribution is 5.70. The Hall–Kier alpha value is -3.06. The first kappa shape index (κ1) is 13.9. The minimum atomic E-state index is -0.119. The Labute approximate surface area is 126 Å². The van der Waals surface area contributed by atoms with Crippen molar-refractivity contribution in [3.05, 3.63) is 48.7 Å². The van der Waals surface area contributed by atoms with Gasteiger partial charge in [0.15, 0.2) is 0 Å². The maximum Gasteiger partial charge on any atom is 0.146 e. The monoisotopic (exact) mass is 301 g/mol. The number of nitrogens with one attached hydrogen (secondary N) is 1. The van der Waals surface area contributed by atoms with Crippen molar-refractivity contribution in [1.82, 2.24) is 5.43 Å². The number of rotatable bonds is 2. The van der Waals surface area contributed by atoms with Crippen LogP contribution in [-0.4, -0.2) is 27.0 Å². The second-order valence-corrected chi connectivity index (χ2v) is 4.75. The molecule has 7 nitrogen and oxygen atoms in total. The second-order valence-electron chi connectivity index (χ2n) is 4.75. The summed E-state index contributed by atoms with van der Waals surface area (Å²) in [6, 6.07) is 8.45. The number of hydrogen-bond acceptors (Lipinski definition) is 7. The first-order valence-electron chi connectivity index (χ1n) is 6.59. The second kappa shape index (κ2) is 5.38. The molecule has 0 saturated heterocycles. The van der Waals surface area contributed by atoms with Crippen molar-refractivity contribution in [3.63, 3.8) is 0 Å². The molecule has 1 aliphatic rings. The van der Waals surface area contributed by atoms with E-state index in [-0.39, 0.29) is 23.0 Å². The summed E-state index contributed by atoms with van der Waals surface area (Å²) in [5.41, 5.74) is 3.85. The number of benzene rings is 2. The van der Waals surface area contributed by atoms with Gasteiger partial charge in [-0.05, 0) is 24.3 Å². The van der Waals surface area contributed by atoms with Crippen LogP contribution in [0.4, 0.5) is 11.4 Å². The lowest BCUT2D eigenvalue weighted by Gasteiger charge is -2.38. The highest BCUT2D eigenvalue weighted by Crippen LogP contribution is 2.37. The van der Waals surface area contributed by atoms with Crippen molar-refractivity contribution in [2.24, 2.45) is 0 Å². The Morgan fingerprint density at radius 2 is 1.41 bits per heavy atom. The average molecular weight is 301 g/mol. The summed E-state index contributed by atoms with van der Waals surface area (Å²) in [7, 11) is 0. The van der Waals surface area contributed by atoms with E-state index in [1.165, 1.54) is 29.4 Å². The molecule has 22 heavy (non-hydrogen) atoms. The van der Waals surface area contributed by atoms with Gasteiger partial charge in [-0.25, -0.2) is 15.6 Å². The molecule has 0 aliphatic carbocycles. The molecule has 1 aliphatic heterocycles. The number of phenols is 4. The number of anilines is 2. The minimum absolute atomic E-state index is 0.0470. The van der Waals surface area contributed by atoms with Gasteiger partial charge in [0, 0.05) is 24.9 Å². The van der Waals surface area contributed by atoms with Crippen LogP contribution in [0.1, 0.15) is 0 Å². The summed E-state index contributed by atoms with van der Waals surface area (Å²) in [4.78, 5) is 0. The normalized spacial score (nSPS) is 14.4. The number of phenolic OH excluding ortho intramolecular Hbond substituents is 4. The first-order valence-corrected chi connectivity index (χ1v) is 6.59. The van der Waals surface area contributed by atoms with Crippen LogP contribution in [0.5, 0.6) is 23.0 Å². The van der Waals surface area contributed by atoms with E-state index in [0.29, 0.717) is 17.9 Å². The lowest BCUT2D eigenvalue weighted by Crippen LogP contribution is -2.51. The fraction of sp³-hybridized carbons (Fsp3) is 0.0667. The highest BCUT2D eigenvalue weighted by atomic mass is 16.3. The topological polar surface area (TPSA) is 99.4 Å². The van der Waals surface area contributed by atoms with Crippen molar-refractivity contribution in [2.75, 3.05) is 16.7 Å². The van der Waals surface area contributed by atoms with Crippen LogP contribution in [0.25, 0.3) is 0 Å². The summed E-state index contributed by atoms with van der Waals surface area (Å²) in [6.07, 6.45) is 3.55. The molecule has 2 aromatic rings. The van der Waals surface area contributed by atoms with Crippen molar-refractivity contribution >= 4 is 11.4 Å². The van der Waals surface area contributed by atoms with Gasteiger partial charge in [0.1, 0.15) is 34.4 Å². The van der Waals surface area contributed by atoms with Crippen LogP contribution in [0.3, 0.4) is 0 Å². The molecule has 0 atom stereocenters. The van der Waals surface area contributed by atoms with Crippen molar-refractivity contribution in [1.29, 1.82) is 0 Å². The fourth-order valence-corrected chi connectivity index (χ4v) is 2.22. The van der Waals surface area contributed by atoms with Gasteiger partial charge in [0.25, 0.3) is 0 Å². The Morgan fingerprint density at radius 1 is 0.818 bits per heavy atom. The molecule has 0 saturated carbocycles. The summed E-state index contributed by atoms with van der Waals surface area (Å²) < 4.78 is 0. The average Bonchev–Trinajstić information content (AvgIpc) is 2.48. The van der Waals surface area contributed by atoms with Crippen LogP contribution >= 0.6 is 0 Å². The third-order valence-corrected chi connectivity index (χ3v) is 3.21. The van der Waals surface area contributed by atoms with Gasteiger partial charge in [0.2, 0.25) is 0 Å². The molecule has 0 fully saturated rings. The number of hydrogen-bond donors (Lipinski definition) is 5. The van der Waals surface area contributed by atoms with Gasteiger partial charge in [-0.1, -0.05) is 6.08 Å². The zero-order chi connectivity index (χ0) is 15.7. The molecule has 0 radical (unpaired) electrons. The highest BCUT2D eigenvalue weighted by Gasteiger charge is 2.22. The Morgan fingerprint density at radius 3 is 2.00 bits per heavy atom. The SMILES string of the molecule is Oc1ccc(N2C=CCNN2c2ccc(O)cc2O)c(O)c1. The number of hydrazine groups is 2. The van der Waals surface area contributed by atoms with Gasteiger partial charge in [-0.15, -0.1) is 0 Å². The molecule has 0 bridgehead atoms. The maximum absolute atomic E-state index is 10.0. The predicted octanol–water partition coefficient (Wildman–Crippen LogP) is 1.77. The zero-order valence-electron chi connectivity index (χ0n) is 11.5. The summed E-state index contributed by atoms with van der Waals surface area (Å²) in [5, 5.41) is 42.0. The predicted molar refractivity (Wildman–Crippen MR) is 81.6 cm³/mol. The lowest BCUT2D eigenvalue weighted by molar-refractivity contribution is 0.443. The van der Waals surface area contributed by atoms with Crippen LogP contribution < -0.4 is 15.6 Å². The van der Waals surface area contributed by atoms with Gasteiger partial charge in [-0.2, -0.15) is 0 Å². The third kappa shape index (κ3) is 2.45. The largest absolute Gasteiger partial charge is 0.508 e. The minimum Gasteiger partial charge on any atom is -0.508 e. The van der Waals surface area contributed by atoms with E-state index in [9.17, 15) is 20.4 Å². The van der Waals surface area contributed by atoms with Gasteiger partial charge in [-0.3, -0.25) is 0 Å². The lowest BCUT2D eigenvalue weighted by atomic mass is 10.2. The molecule has 1 heterocycles. The quantitative estimate of drug-likeness (QED) is 0.576. The van der Waals surface area contributed by atoms with Crippen LogP contribution in [0.2, 0.25) is 0 Å². The Bertz CT molecular complexity index is 733. The van der Waals surface area contributed by atoms with Crippen LogP contribution in [-0.2, 0) is 0 Å². The molecule has 114 valence electrons. The van der Waals surface area contributed by atoms with Crippen molar-refractivity contribution in [2.45, 2.75) is 0 Å². The standard InChI is InChI=1S/C15H15N3O4/c19-10-2-4-12(14(21)8-10)17-7-1-6-16-18(17)13-5-3-11(20)9-15(13)22/h1-5,7-9,16,19-22H,6H2. The number of nitrogens with zero attached hydrogens (tertiary/aromatic N) is 2. The third-order valence-electron chi connectivity index (χ3n) is 3.21. The van der Waals surface area contributed by atoms with Crippen LogP contribution in [0.15, 0.2) is 48.7 Å². The summed E-state index contributed by atoms with van der Waals surface area (Å²) in [6.45, 7) is 0.523. The van der Waals surface area contributed by atoms with E-state index < -0.39 is 0 Å². The van der Waals surface area contributed by atoms with E-state index in [2.05, 4.69) is 5.43 Å². The molecular weight excluding hydrogens is 286 g/mol. The Balaban J connectivity index is 2.04. The van der Waals surface area contributed by atoms with E-state index >= 15 is 0 Å². The zero-order valence-corrected chi connectivity index (χ0v) is 11.5. The fourth-order valence-electron chi connectivity index (χ4n) is 2.22. The van der Waals surface area contributed by atoms with Gasteiger partial charge < -0.3 is 20.4 Å². The van der Waals surface area contributed by atoms with Gasteiger partial charge >= 0.3 is 0 Å². The summed E-state index contributed by atoms with van der Waals surface area (Å²) in [5.74, 6) is -0.329. The molecule has 0 unspecified atom stereocenters. The molecule has 0 aromatic heterocycles. The van der Waals surface area contributed by atoms with E-state index in [0.717, 1.165) is 0 Å². The van der Waals surface area contributed by atoms with Crippen molar-refractivity contribution in [3.8, 4) is 23.0 Å². The molecule has 5 N–H and O–H groups in total. The summed E-state index contributed by atoms with van der Waals surface area (Å²) >= 11 is 0. The van der Waals surface area contributed by atoms with Gasteiger partial charge in [0.05, 0.1) is 0 Å². The molecule has 7 heteroatoms. The van der Waals surface area contributed by atoms with E-state index in [1.54, 1.807) is 23.3 Å². The number of aromatic hydroxyl groups is 4. The first-order chi connectivity index (χ1) is 10.6. The smallest absolute Gasteiger partial charge is 0.146 e. The van der Waals surface area contributed by atoms with Crippen molar-refractivity contribution < 1.29 is 20.4 Å². The van der Waals surface area contributed by atoms with E-state index in [4.69, 9.17) is 0 Å². The molecule has 0 spiro atoms. The van der Waals surface area contributed by atoms with Crippen LogP contribution in [0, 0.1) is 0 Å². The Kier molecular flexibility index (Phi) is 3.40. The van der Waals surface area contributed by atoms with E-state index in [1.807, 2.05) is 6.08 Å². The molecule has 0 amide bonds. The molecule has 2 aromatic carbocycles. The molecule has 3 rings (SSSR count).